The number of nitrogens with one attached hydrogen (secondary N) is 1. The van der Waals surface area contributed by atoms with Crippen molar-refractivity contribution in [2.45, 2.75) is 24.8 Å². The van der Waals surface area contributed by atoms with Gasteiger partial charge in [-0.2, -0.15) is 0 Å². The van der Waals surface area contributed by atoms with Crippen molar-refractivity contribution in [1.82, 2.24) is 9.97 Å². The lowest BCUT2D eigenvalue weighted by atomic mass is 10.2. The molecule has 5 nitrogen and oxygen atoms in total. The number of rotatable bonds is 4. The average Bonchev–Trinajstić information content (AvgIpc) is 2.85. The van der Waals surface area contributed by atoms with Crippen molar-refractivity contribution in [1.29, 1.82) is 0 Å². The molecule has 0 radical (unpaired) electrons. The van der Waals surface area contributed by atoms with Gasteiger partial charge in [0.1, 0.15) is 0 Å². The summed E-state index contributed by atoms with van der Waals surface area (Å²) in [5.41, 5.74) is -0.298. The second-order valence-electron chi connectivity index (χ2n) is 3.55. The van der Waals surface area contributed by atoms with E-state index in [0.29, 0.717) is 5.95 Å². The number of aromatic nitrogens is 2. The maximum absolute atomic E-state index is 10.6. The first-order valence-electron chi connectivity index (χ1n) is 4.47. The van der Waals surface area contributed by atoms with E-state index in [-0.39, 0.29) is 12.0 Å². The molecule has 1 aromatic rings. The first-order valence-corrected chi connectivity index (χ1v) is 4.47. The maximum atomic E-state index is 10.6. The molecule has 1 aliphatic carbocycles. The van der Waals surface area contributed by atoms with Crippen LogP contribution in [0, 0.1) is 0 Å². The molecule has 0 spiro atoms. The lowest BCUT2D eigenvalue weighted by Gasteiger charge is -2.14. The van der Waals surface area contributed by atoms with Crippen LogP contribution >= 0.6 is 0 Å². The molecule has 1 aliphatic rings. The Hall–Kier alpha value is -1.65. The summed E-state index contributed by atoms with van der Waals surface area (Å²) in [7, 11) is 0. The van der Waals surface area contributed by atoms with Gasteiger partial charge in [0, 0.05) is 12.4 Å². The van der Waals surface area contributed by atoms with Crippen molar-refractivity contribution in [3.05, 3.63) is 18.5 Å². The molecule has 1 saturated carbocycles. The molecule has 2 rings (SSSR count). The van der Waals surface area contributed by atoms with Crippen LogP contribution in [0.25, 0.3) is 0 Å². The van der Waals surface area contributed by atoms with E-state index in [1.165, 1.54) is 0 Å². The Labute approximate surface area is 81.2 Å². The molecule has 0 bridgehead atoms. The fraction of sp³-hybridized carbons (Fsp3) is 0.444. The average molecular weight is 193 g/mol. The predicted octanol–water partition coefficient (Wildman–Crippen LogP) is 0.896. The molecular weight excluding hydrogens is 182 g/mol. The molecule has 1 heterocycles. The van der Waals surface area contributed by atoms with Crippen molar-refractivity contribution >= 4 is 11.9 Å². The summed E-state index contributed by atoms with van der Waals surface area (Å²) in [6.45, 7) is 0. The van der Waals surface area contributed by atoms with Gasteiger partial charge >= 0.3 is 5.97 Å². The van der Waals surface area contributed by atoms with Gasteiger partial charge in [-0.3, -0.25) is 4.79 Å². The fourth-order valence-electron chi connectivity index (χ4n) is 1.39. The van der Waals surface area contributed by atoms with Crippen LogP contribution in [0.15, 0.2) is 18.5 Å². The van der Waals surface area contributed by atoms with Crippen LogP contribution in [0.1, 0.15) is 19.3 Å². The second kappa shape index (κ2) is 3.25. The largest absolute Gasteiger partial charge is 0.481 e. The highest BCUT2D eigenvalue weighted by Gasteiger charge is 2.45. The highest BCUT2D eigenvalue weighted by atomic mass is 16.4. The zero-order valence-corrected chi connectivity index (χ0v) is 7.60. The molecule has 0 atom stereocenters. The predicted molar refractivity (Wildman–Crippen MR) is 49.9 cm³/mol. The molecule has 0 saturated heterocycles. The number of carbonyl (C=O) groups is 1. The van der Waals surface area contributed by atoms with E-state index in [9.17, 15) is 4.79 Å². The van der Waals surface area contributed by atoms with Crippen molar-refractivity contribution in [3.63, 3.8) is 0 Å². The van der Waals surface area contributed by atoms with E-state index in [1.807, 2.05) is 0 Å². The van der Waals surface area contributed by atoms with Crippen molar-refractivity contribution in [2.75, 3.05) is 5.32 Å². The number of aliphatic carboxylic acids is 1. The lowest BCUT2D eigenvalue weighted by Crippen LogP contribution is -2.25. The van der Waals surface area contributed by atoms with E-state index in [4.69, 9.17) is 5.11 Å². The van der Waals surface area contributed by atoms with Gasteiger partial charge in [-0.25, -0.2) is 9.97 Å². The monoisotopic (exact) mass is 193 g/mol. The fourth-order valence-corrected chi connectivity index (χ4v) is 1.39. The van der Waals surface area contributed by atoms with Crippen LogP contribution in [0.3, 0.4) is 0 Å². The quantitative estimate of drug-likeness (QED) is 0.742. The highest BCUT2D eigenvalue weighted by molar-refractivity contribution is 5.70. The minimum Gasteiger partial charge on any atom is -0.481 e. The normalized spacial score (nSPS) is 17.4. The number of nitrogens with zero attached hydrogens (tertiary/aromatic N) is 2. The molecule has 14 heavy (non-hydrogen) atoms. The third-order valence-electron chi connectivity index (χ3n) is 2.29. The van der Waals surface area contributed by atoms with Gasteiger partial charge in [0.2, 0.25) is 5.95 Å². The summed E-state index contributed by atoms with van der Waals surface area (Å²) in [5, 5.41) is 11.7. The van der Waals surface area contributed by atoms with Crippen LogP contribution in [-0.2, 0) is 4.79 Å². The number of anilines is 1. The van der Waals surface area contributed by atoms with Crippen LogP contribution in [0.4, 0.5) is 5.95 Å². The van der Waals surface area contributed by atoms with E-state index >= 15 is 0 Å². The smallest absolute Gasteiger partial charge is 0.305 e. The molecule has 0 unspecified atom stereocenters. The molecule has 1 fully saturated rings. The summed E-state index contributed by atoms with van der Waals surface area (Å²) in [4.78, 5) is 18.6. The highest BCUT2D eigenvalue weighted by Crippen LogP contribution is 2.41. The minimum absolute atomic E-state index is 0.130. The number of carboxylic acids is 1. The molecule has 5 heteroatoms. The minimum atomic E-state index is -0.786. The van der Waals surface area contributed by atoms with Gasteiger partial charge in [0.25, 0.3) is 0 Å². The lowest BCUT2D eigenvalue weighted by molar-refractivity contribution is -0.137. The van der Waals surface area contributed by atoms with Gasteiger partial charge in [-0.15, -0.1) is 0 Å². The SMILES string of the molecule is O=C(O)CC1(Nc2ncccn2)CC1. The van der Waals surface area contributed by atoms with Gasteiger partial charge in [-0.1, -0.05) is 0 Å². The van der Waals surface area contributed by atoms with E-state index < -0.39 is 5.97 Å². The third-order valence-corrected chi connectivity index (χ3v) is 2.29. The molecule has 1 aromatic heterocycles. The maximum Gasteiger partial charge on any atom is 0.305 e. The molecular formula is C9H11N3O2. The Morgan fingerprint density at radius 1 is 1.50 bits per heavy atom. The summed E-state index contributed by atoms with van der Waals surface area (Å²) >= 11 is 0. The topological polar surface area (TPSA) is 75.1 Å². The Balaban J connectivity index is 2.01. The molecule has 2 N–H and O–H groups in total. The number of hydrogen-bond acceptors (Lipinski definition) is 4. The molecule has 74 valence electrons. The third kappa shape index (κ3) is 1.99. The Kier molecular flexibility index (Phi) is 2.07. The van der Waals surface area contributed by atoms with Crippen LogP contribution < -0.4 is 5.32 Å². The van der Waals surface area contributed by atoms with E-state index in [2.05, 4.69) is 15.3 Å². The van der Waals surface area contributed by atoms with Gasteiger partial charge in [0.15, 0.2) is 0 Å². The standard InChI is InChI=1S/C9H11N3O2/c13-7(14)6-9(2-3-9)12-8-10-4-1-5-11-8/h1,4-5H,2-3,6H2,(H,13,14)(H,10,11,12). The van der Waals surface area contributed by atoms with Crippen LogP contribution in [0.2, 0.25) is 0 Å². The zero-order valence-electron chi connectivity index (χ0n) is 7.60. The van der Waals surface area contributed by atoms with Crippen molar-refractivity contribution < 1.29 is 9.90 Å². The van der Waals surface area contributed by atoms with Gasteiger partial charge in [-0.05, 0) is 18.9 Å². The number of carboxylic acid groups (broad SMARTS) is 1. The van der Waals surface area contributed by atoms with Crippen LogP contribution in [0.5, 0.6) is 0 Å². The van der Waals surface area contributed by atoms with Gasteiger partial charge < -0.3 is 10.4 Å². The first kappa shape index (κ1) is 8.93. The first-order chi connectivity index (χ1) is 6.70. The van der Waals surface area contributed by atoms with Gasteiger partial charge in [0.05, 0.1) is 12.0 Å². The molecule has 0 aromatic carbocycles. The zero-order chi connectivity index (χ0) is 10.0. The second-order valence-corrected chi connectivity index (χ2v) is 3.55. The Morgan fingerprint density at radius 3 is 2.64 bits per heavy atom. The van der Waals surface area contributed by atoms with E-state index in [0.717, 1.165) is 12.8 Å². The summed E-state index contributed by atoms with van der Waals surface area (Å²) in [5.74, 6) is -0.280. The number of hydrogen-bond donors (Lipinski definition) is 2. The summed E-state index contributed by atoms with van der Waals surface area (Å²) in [6.07, 6.45) is 5.14. The van der Waals surface area contributed by atoms with Crippen molar-refractivity contribution in [2.24, 2.45) is 0 Å². The molecule has 0 amide bonds. The summed E-state index contributed by atoms with van der Waals surface area (Å²) < 4.78 is 0. The van der Waals surface area contributed by atoms with Crippen LogP contribution in [-0.4, -0.2) is 26.6 Å². The van der Waals surface area contributed by atoms with E-state index in [1.54, 1.807) is 18.5 Å². The Bertz CT molecular complexity index is 335. The Morgan fingerprint density at radius 2 is 2.14 bits per heavy atom. The summed E-state index contributed by atoms with van der Waals surface area (Å²) in [6, 6.07) is 1.72. The van der Waals surface area contributed by atoms with Crippen molar-refractivity contribution in [3.8, 4) is 0 Å². The molecule has 0 aliphatic heterocycles.